The molecule has 0 spiro atoms. The molecule has 1 amide bonds. The molecule has 0 aliphatic carbocycles. The molecular weight excluding hydrogens is 216 g/mol. The van der Waals surface area contributed by atoms with Crippen molar-refractivity contribution in [1.29, 1.82) is 0 Å². The smallest absolute Gasteiger partial charge is 0.236 e. The zero-order valence-electron chi connectivity index (χ0n) is 11.0. The van der Waals surface area contributed by atoms with Crippen LogP contribution in [0.3, 0.4) is 0 Å². The van der Waals surface area contributed by atoms with Gasteiger partial charge >= 0.3 is 0 Å². The third kappa shape index (κ3) is 3.82. The number of amides is 1. The summed E-state index contributed by atoms with van der Waals surface area (Å²) in [6.45, 7) is 5.78. The lowest BCUT2D eigenvalue weighted by Crippen LogP contribution is -2.49. The summed E-state index contributed by atoms with van der Waals surface area (Å²) in [7, 11) is 3.79. The first-order valence-corrected chi connectivity index (χ1v) is 6.17. The fourth-order valence-corrected chi connectivity index (χ4v) is 2.46. The van der Waals surface area contributed by atoms with E-state index in [1.807, 2.05) is 30.0 Å². The monoisotopic (exact) mass is 240 g/mol. The van der Waals surface area contributed by atoms with Gasteiger partial charge in [0, 0.05) is 18.5 Å². The predicted octanol–water partition coefficient (Wildman–Crippen LogP) is 0.725. The summed E-state index contributed by atoms with van der Waals surface area (Å²) in [5, 5.41) is 9.56. The molecule has 1 saturated heterocycles. The maximum Gasteiger partial charge on any atom is 0.236 e. The van der Waals surface area contributed by atoms with E-state index in [1.54, 1.807) is 0 Å². The second-order valence-electron chi connectivity index (χ2n) is 5.31. The van der Waals surface area contributed by atoms with Crippen molar-refractivity contribution in [3.63, 3.8) is 0 Å². The third-order valence-electron chi connectivity index (χ3n) is 3.38. The molecule has 98 valence electrons. The van der Waals surface area contributed by atoms with E-state index in [4.69, 9.17) is 0 Å². The van der Waals surface area contributed by atoms with Crippen LogP contribution in [-0.4, -0.2) is 61.2 Å². The molecule has 1 unspecified atom stereocenters. The summed E-state index contributed by atoms with van der Waals surface area (Å²) in [4.78, 5) is 15.8. The molecule has 17 heavy (non-hydrogen) atoms. The molecule has 1 aliphatic heterocycles. The maximum absolute atomic E-state index is 12.0. The summed E-state index contributed by atoms with van der Waals surface area (Å²) in [6, 6.07) is 0. The van der Waals surface area contributed by atoms with Gasteiger partial charge < -0.3 is 14.9 Å². The second-order valence-corrected chi connectivity index (χ2v) is 5.31. The van der Waals surface area contributed by atoms with Crippen LogP contribution in [-0.2, 0) is 4.79 Å². The van der Waals surface area contributed by atoms with Crippen LogP contribution in [0, 0.1) is 5.41 Å². The highest BCUT2D eigenvalue weighted by atomic mass is 16.3. The molecule has 0 radical (unpaired) electrons. The average Bonchev–Trinajstić information content (AvgIpc) is 2.29. The fraction of sp³-hybridized carbons (Fsp3) is 0.769. The van der Waals surface area contributed by atoms with E-state index in [-0.39, 0.29) is 17.9 Å². The largest absolute Gasteiger partial charge is 0.396 e. The van der Waals surface area contributed by atoms with Crippen LogP contribution in [0.1, 0.15) is 19.3 Å². The Kier molecular flexibility index (Phi) is 5.15. The van der Waals surface area contributed by atoms with E-state index in [0.717, 1.165) is 25.8 Å². The first-order chi connectivity index (χ1) is 8.03. The van der Waals surface area contributed by atoms with Crippen molar-refractivity contribution in [2.45, 2.75) is 19.3 Å². The molecule has 1 aliphatic rings. The number of rotatable bonds is 5. The van der Waals surface area contributed by atoms with Crippen LogP contribution in [0.15, 0.2) is 12.7 Å². The molecule has 1 heterocycles. The van der Waals surface area contributed by atoms with Crippen molar-refractivity contribution >= 4 is 5.91 Å². The first kappa shape index (κ1) is 14.2. The van der Waals surface area contributed by atoms with Gasteiger partial charge in [-0.3, -0.25) is 4.79 Å². The highest BCUT2D eigenvalue weighted by Crippen LogP contribution is 2.33. The first-order valence-electron chi connectivity index (χ1n) is 6.17. The topological polar surface area (TPSA) is 43.8 Å². The summed E-state index contributed by atoms with van der Waals surface area (Å²) >= 11 is 0. The lowest BCUT2D eigenvalue weighted by atomic mass is 9.78. The van der Waals surface area contributed by atoms with Gasteiger partial charge in [-0.25, -0.2) is 0 Å². The zero-order chi connectivity index (χ0) is 12.9. The van der Waals surface area contributed by atoms with Gasteiger partial charge in [-0.15, -0.1) is 6.58 Å². The van der Waals surface area contributed by atoms with Crippen LogP contribution < -0.4 is 0 Å². The Morgan fingerprint density at radius 3 is 2.82 bits per heavy atom. The van der Waals surface area contributed by atoms with Crippen LogP contribution in [0.5, 0.6) is 0 Å². The molecule has 1 fully saturated rings. The van der Waals surface area contributed by atoms with Crippen molar-refractivity contribution in [3.05, 3.63) is 12.7 Å². The number of likely N-dealkylation sites (N-methyl/N-ethyl adjacent to an activating group) is 1. The van der Waals surface area contributed by atoms with Crippen molar-refractivity contribution in [2.75, 3.05) is 40.3 Å². The Hall–Kier alpha value is -0.870. The van der Waals surface area contributed by atoms with Gasteiger partial charge in [-0.1, -0.05) is 6.08 Å². The number of aliphatic hydroxyl groups excluding tert-OH is 1. The quantitative estimate of drug-likeness (QED) is 0.720. The second kappa shape index (κ2) is 6.17. The minimum atomic E-state index is -0.165. The number of allylic oxidation sites excluding steroid dienone is 1. The molecule has 0 saturated carbocycles. The number of hydrogen-bond acceptors (Lipinski definition) is 3. The molecule has 0 aromatic carbocycles. The molecule has 4 heteroatoms. The average molecular weight is 240 g/mol. The van der Waals surface area contributed by atoms with E-state index in [1.165, 1.54) is 0 Å². The lowest BCUT2D eigenvalue weighted by molar-refractivity contribution is -0.136. The highest BCUT2D eigenvalue weighted by Gasteiger charge is 2.35. The lowest BCUT2D eigenvalue weighted by Gasteiger charge is -2.41. The van der Waals surface area contributed by atoms with Crippen LogP contribution in [0.4, 0.5) is 0 Å². The van der Waals surface area contributed by atoms with E-state index < -0.39 is 0 Å². The fourth-order valence-electron chi connectivity index (χ4n) is 2.46. The highest BCUT2D eigenvalue weighted by molar-refractivity contribution is 5.78. The molecule has 1 N–H and O–H groups in total. The Labute approximate surface area is 104 Å². The molecule has 0 aromatic heterocycles. The number of aliphatic hydroxyl groups is 1. The van der Waals surface area contributed by atoms with E-state index in [9.17, 15) is 9.90 Å². The molecule has 1 rings (SSSR count). The number of nitrogens with zero attached hydrogens (tertiary/aromatic N) is 2. The molecule has 4 nitrogen and oxygen atoms in total. The maximum atomic E-state index is 12.0. The molecule has 1 atom stereocenters. The van der Waals surface area contributed by atoms with Crippen molar-refractivity contribution in [3.8, 4) is 0 Å². The minimum Gasteiger partial charge on any atom is -0.396 e. The van der Waals surface area contributed by atoms with Crippen molar-refractivity contribution in [1.82, 2.24) is 9.80 Å². The summed E-state index contributed by atoms with van der Waals surface area (Å²) < 4.78 is 0. The summed E-state index contributed by atoms with van der Waals surface area (Å²) in [5.41, 5.74) is -0.165. The van der Waals surface area contributed by atoms with Gasteiger partial charge in [0.05, 0.1) is 13.2 Å². The van der Waals surface area contributed by atoms with Gasteiger partial charge in [0.2, 0.25) is 5.91 Å². The number of hydrogen-bond donors (Lipinski definition) is 1. The van der Waals surface area contributed by atoms with Crippen molar-refractivity contribution in [2.24, 2.45) is 5.41 Å². The van der Waals surface area contributed by atoms with E-state index in [0.29, 0.717) is 13.1 Å². The molecular formula is C13H24N2O2. The molecule has 0 aromatic rings. The zero-order valence-corrected chi connectivity index (χ0v) is 11.0. The number of carbonyl (C=O) groups excluding carboxylic acids is 1. The van der Waals surface area contributed by atoms with Crippen LogP contribution >= 0.6 is 0 Å². The number of piperidine rings is 1. The Bertz CT molecular complexity index is 279. The van der Waals surface area contributed by atoms with Gasteiger partial charge in [0.15, 0.2) is 0 Å². The summed E-state index contributed by atoms with van der Waals surface area (Å²) in [6.07, 6.45) is 4.56. The van der Waals surface area contributed by atoms with E-state index in [2.05, 4.69) is 6.58 Å². The minimum absolute atomic E-state index is 0.130. The predicted molar refractivity (Wildman–Crippen MR) is 68.7 cm³/mol. The Morgan fingerprint density at radius 2 is 2.29 bits per heavy atom. The standard InChI is InChI=1S/C13H24N2O2/c1-4-6-13(11-16)7-5-8-15(10-13)12(17)9-14(2)3/h4,16H,1,5-11H2,2-3H3. The van der Waals surface area contributed by atoms with Gasteiger partial charge in [-0.05, 0) is 33.4 Å². The Balaban J connectivity index is 2.64. The molecule has 0 bridgehead atoms. The van der Waals surface area contributed by atoms with Gasteiger partial charge in [-0.2, -0.15) is 0 Å². The van der Waals surface area contributed by atoms with Gasteiger partial charge in [0.25, 0.3) is 0 Å². The van der Waals surface area contributed by atoms with Gasteiger partial charge in [0.1, 0.15) is 0 Å². The van der Waals surface area contributed by atoms with Crippen LogP contribution in [0.25, 0.3) is 0 Å². The van der Waals surface area contributed by atoms with Crippen LogP contribution in [0.2, 0.25) is 0 Å². The third-order valence-corrected chi connectivity index (χ3v) is 3.38. The number of likely N-dealkylation sites (tertiary alicyclic amines) is 1. The SMILES string of the molecule is C=CCC1(CO)CCCN(C(=O)CN(C)C)C1. The van der Waals surface area contributed by atoms with E-state index >= 15 is 0 Å². The Morgan fingerprint density at radius 1 is 1.59 bits per heavy atom. The van der Waals surface area contributed by atoms with Crippen molar-refractivity contribution < 1.29 is 9.90 Å². The normalized spacial score (nSPS) is 25.1. The summed E-state index contributed by atoms with van der Waals surface area (Å²) in [5.74, 6) is 0.150. The number of carbonyl (C=O) groups is 1.